The minimum absolute atomic E-state index is 0.115. The number of hydrogen-bond donors (Lipinski definition) is 3. The van der Waals surface area contributed by atoms with Crippen molar-refractivity contribution in [2.75, 3.05) is 6.54 Å². The van der Waals surface area contributed by atoms with E-state index < -0.39 is 23.8 Å². The van der Waals surface area contributed by atoms with Crippen molar-refractivity contribution in [2.24, 2.45) is 11.7 Å². The summed E-state index contributed by atoms with van der Waals surface area (Å²) in [6.45, 7) is 1.20. The third-order valence-electron chi connectivity index (χ3n) is 5.95. The van der Waals surface area contributed by atoms with Gasteiger partial charge in [-0.15, -0.1) is 0 Å². The Hall–Kier alpha value is -2.58. The fraction of sp³-hybridized carbons (Fsp3) is 0.500. The van der Waals surface area contributed by atoms with Gasteiger partial charge in [0.15, 0.2) is 0 Å². The molecule has 4 N–H and O–H groups in total. The second-order valence-electron chi connectivity index (χ2n) is 7.78. The van der Waals surface area contributed by atoms with Crippen molar-refractivity contribution in [1.82, 2.24) is 15.5 Å². The molecule has 2 heterocycles. The molecule has 1 aromatic rings. The van der Waals surface area contributed by atoms with Crippen molar-refractivity contribution >= 4 is 23.6 Å². The molecule has 148 valence electrons. The van der Waals surface area contributed by atoms with Gasteiger partial charge in [-0.2, -0.15) is 0 Å². The number of benzene rings is 1. The molecule has 2 aliphatic heterocycles. The predicted octanol–water partition coefficient (Wildman–Crippen LogP) is 0.305. The Morgan fingerprint density at radius 1 is 1.14 bits per heavy atom. The second kappa shape index (κ2) is 7.44. The first kappa shape index (κ1) is 18.8. The second-order valence-corrected chi connectivity index (χ2v) is 7.78. The van der Waals surface area contributed by atoms with Crippen LogP contribution in [0.3, 0.4) is 0 Å². The van der Waals surface area contributed by atoms with Crippen LogP contribution in [0.25, 0.3) is 0 Å². The molecular formula is C20H24N4O4. The molecule has 1 aromatic carbocycles. The van der Waals surface area contributed by atoms with Crippen LogP contribution in [0, 0.1) is 5.92 Å². The lowest BCUT2D eigenvalue weighted by molar-refractivity contribution is -0.136. The average molecular weight is 384 g/mol. The van der Waals surface area contributed by atoms with E-state index in [-0.39, 0.29) is 18.7 Å². The van der Waals surface area contributed by atoms with Gasteiger partial charge in [-0.05, 0) is 49.8 Å². The van der Waals surface area contributed by atoms with Crippen molar-refractivity contribution in [2.45, 2.75) is 50.7 Å². The fourth-order valence-electron chi connectivity index (χ4n) is 4.36. The summed E-state index contributed by atoms with van der Waals surface area (Å²) in [7, 11) is 0. The Labute approximate surface area is 162 Å². The zero-order chi connectivity index (χ0) is 19.8. The molecule has 0 bridgehead atoms. The van der Waals surface area contributed by atoms with Gasteiger partial charge in [-0.3, -0.25) is 29.4 Å². The summed E-state index contributed by atoms with van der Waals surface area (Å²) < 4.78 is 0. The summed E-state index contributed by atoms with van der Waals surface area (Å²) >= 11 is 0. The Morgan fingerprint density at radius 3 is 2.64 bits per heavy atom. The van der Waals surface area contributed by atoms with E-state index in [4.69, 9.17) is 5.73 Å². The van der Waals surface area contributed by atoms with Gasteiger partial charge >= 0.3 is 0 Å². The number of carbonyl (C=O) groups excluding carboxylic acids is 4. The zero-order valence-electron chi connectivity index (χ0n) is 15.6. The van der Waals surface area contributed by atoms with Crippen LogP contribution in [0.5, 0.6) is 0 Å². The molecule has 0 aromatic heterocycles. The molecule has 8 nitrogen and oxygen atoms in total. The highest BCUT2D eigenvalue weighted by atomic mass is 16.2. The van der Waals surface area contributed by atoms with Crippen LogP contribution >= 0.6 is 0 Å². The highest BCUT2D eigenvalue weighted by Gasteiger charge is 2.45. The zero-order valence-corrected chi connectivity index (χ0v) is 15.6. The molecule has 1 aliphatic carbocycles. The summed E-state index contributed by atoms with van der Waals surface area (Å²) in [5.74, 6) is -1.23. The van der Waals surface area contributed by atoms with Gasteiger partial charge in [-0.25, -0.2) is 0 Å². The third-order valence-corrected chi connectivity index (χ3v) is 5.95. The molecule has 4 amide bonds. The maximum absolute atomic E-state index is 13.0. The van der Waals surface area contributed by atoms with Crippen LogP contribution in [-0.4, -0.2) is 47.2 Å². The number of piperidine rings is 1. The van der Waals surface area contributed by atoms with Gasteiger partial charge in [0.05, 0.1) is 11.1 Å². The van der Waals surface area contributed by atoms with Gasteiger partial charge < -0.3 is 11.1 Å². The van der Waals surface area contributed by atoms with Crippen molar-refractivity contribution in [3.8, 4) is 0 Å². The highest BCUT2D eigenvalue weighted by molar-refractivity contribution is 6.24. The van der Waals surface area contributed by atoms with Gasteiger partial charge in [0.2, 0.25) is 11.8 Å². The Morgan fingerprint density at radius 2 is 1.93 bits per heavy atom. The largest absolute Gasteiger partial charge is 0.330 e. The molecule has 0 radical (unpaired) electrons. The summed E-state index contributed by atoms with van der Waals surface area (Å²) in [6.07, 6.45) is 3.45. The number of nitrogens with one attached hydrogen (secondary N) is 2. The number of carbonyl (C=O) groups is 4. The smallest absolute Gasteiger partial charge is 0.262 e. The number of hydrogen-bond acceptors (Lipinski definition) is 6. The minimum Gasteiger partial charge on any atom is -0.330 e. The van der Waals surface area contributed by atoms with Crippen LogP contribution in [0.4, 0.5) is 0 Å². The van der Waals surface area contributed by atoms with Crippen molar-refractivity contribution in [3.05, 3.63) is 34.9 Å². The number of rotatable bonds is 6. The lowest BCUT2D eigenvalue weighted by atomic mass is 9.78. The van der Waals surface area contributed by atoms with Gasteiger partial charge in [0.25, 0.3) is 11.8 Å². The normalized spacial score (nSPS) is 26.9. The molecule has 0 spiro atoms. The maximum Gasteiger partial charge on any atom is 0.262 e. The monoisotopic (exact) mass is 384 g/mol. The third kappa shape index (κ3) is 3.22. The van der Waals surface area contributed by atoms with Crippen LogP contribution in [0.2, 0.25) is 0 Å². The van der Waals surface area contributed by atoms with E-state index in [1.165, 1.54) is 0 Å². The van der Waals surface area contributed by atoms with Crippen LogP contribution in [0.1, 0.15) is 58.4 Å². The molecule has 28 heavy (non-hydrogen) atoms. The van der Waals surface area contributed by atoms with E-state index in [1.807, 2.05) is 6.07 Å². The highest BCUT2D eigenvalue weighted by Crippen LogP contribution is 2.32. The van der Waals surface area contributed by atoms with Crippen LogP contribution in [0.15, 0.2) is 18.2 Å². The van der Waals surface area contributed by atoms with Gasteiger partial charge in [0, 0.05) is 19.0 Å². The van der Waals surface area contributed by atoms with Gasteiger partial charge in [-0.1, -0.05) is 12.1 Å². The number of nitrogens with zero attached hydrogens (tertiary/aromatic N) is 1. The van der Waals surface area contributed by atoms with E-state index in [1.54, 1.807) is 12.1 Å². The Kier molecular flexibility index (Phi) is 4.99. The number of amides is 4. The topological polar surface area (TPSA) is 122 Å². The van der Waals surface area contributed by atoms with Crippen molar-refractivity contribution in [1.29, 1.82) is 0 Å². The average Bonchev–Trinajstić information content (AvgIpc) is 2.89. The van der Waals surface area contributed by atoms with E-state index in [2.05, 4.69) is 10.6 Å². The molecule has 3 aliphatic rings. The lowest BCUT2D eigenvalue weighted by Gasteiger charge is -2.36. The summed E-state index contributed by atoms with van der Waals surface area (Å²) in [4.78, 5) is 50.4. The summed E-state index contributed by atoms with van der Waals surface area (Å²) in [5.41, 5.74) is 7.03. The van der Waals surface area contributed by atoms with E-state index in [9.17, 15) is 19.2 Å². The predicted molar refractivity (Wildman–Crippen MR) is 100 cm³/mol. The Bertz CT molecular complexity index is 847. The molecule has 8 heteroatoms. The summed E-state index contributed by atoms with van der Waals surface area (Å²) in [5, 5.41) is 5.66. The molecular weight excluding hydrogens is 360 g/mol. The molecule has 1 saturated carbocycles. The molecule has 2 fully saturated rings. The van der Waals surface area contributed by atoms with Gasteiger partial charge in [0.1, 0.15) is 6.04 Å². The molecule has 1 unspecified atom stereocenters. The van der Waals surface area contributed by atoms with E-state index in [0.29, 0.717) is 36.2 Å². The van der Waals surface area contributed by atoms with Crippen molar-refractivity contribution in [3.63, 3.8) is 0 Å². The molecule has 1 atom stereocenters. The van der Waals surface area contributed by atoms with E-state index >= 15 is 0 Å². The van der Waals surface area contributed by atoms with Crippen LogP contribution in [-0.2, 0) is 16.1 Å². The summed E-state index contributed by atoms with van der Waals surface area (Å²) in [6, 6.07) is 4.67. The van der Waals surface area contributed by atoms with Crippen molar-refractivity contribution < 1.29 is 19.2 Å². The first-order chi connectivity index (χ1) is 13.5. The first-order valence-corrected chi connectivity index (χ1v) is 9.76. The minimum atomic E-state index is -0.936. The quantitative estimate of drug-likeness (QED) is 0.607. The Balaban J connectivity index is 1.48. The number of fused-ring (bicyclic) bond motifs is 1. The standard InChI is InChI=1S/C20H24N4O4/c21-7-6-11-8-13(9-11)22-10-12-2-1-3-14-17(12)20(28)24(19(14)27)15-4-5-16(25)23-18(15)26/h1-3,11,13,15,22H,4-10,21H2,(H,23,25,26). The van der Waals surface area contributed by atoms with Crippen LogP contribution < -0.4 is 16.4 Å². The first-order valence-electron chi connectivity index (χ1n) is 9.76. The SMILES string of the molecule is NCCC1CC(NCc2cccc3c2C(=O)N(C2CCC(=O)NC2=O)C3=O)C1. The lowest BCUT2D eigenvalue weighted by Crippen LogP contribution is -2.54. The number of nitrogens with two attached hydrogens (primary N) is 1. The fourth-order valence-corrected chi connectivity index (χ4v) is 4.36. The molecule has 1 saturated heterocycles. The van der Waals surface area contributed by atoms with E-state index in [0.717, 1.165) is 29.7 Å². The maximum atomic E-state index is 13.0. The molecule has 4 rings (SSSR count). The number of imide groups is 2.